The van der Waals surface area contributed by atoms with Gasteiger partial charge in [0.05, 0.1) is 4.90 Å². The van der Waals surface area contributed by atoms with E-state index in [1.807, 2.05) is 44.2 Å². The number of amides is 3. The molecular formula is C31H40N4O5S. The van der Waals surface area contributed by atoms with Crippen molar-refractivity contribution in [1.82, 2.24) is 20.7 Å². The van der Waals surface area contributed by atoms with Gasteiger partial charge in [0.2, 0.25) is 27.7 Å². The van der Waals surface area contributed by atoms with E-state index in [4.69, 9.17) is 6.42 Å². The highest BCUT2D eigenvalue weighted by Gasteiger charge is 2.27. The molecule has 220 valence electrons. The number of benzene rings is 2. The molecule has 2 atom stereocenters. The third kappa shape index (κ3) is 10.9. The van der Waals surface area contributed by atoms with E-state index >= 15 is 0 Å². The van der Waals surface area contributed by atoms with Gasteiger partial charge in [-0.3, -0.25) is 14.4 Å². The fraction of sp³-hybridized carbons (Fsp3) is 0.387. The summed E-state index contributed by atoms with van der Waals surface area (Å²) in [6.07, 6.45) is 6.83. The summed E-state index contributed by atoms with van der Waals surface area (Å²) in [6.45, 7) is 10.8. The topological polar surface area (TPSA) is 133 Å². The lowest BCUT2D eigenvalue weighted by atomic mass is 9.99. The van der Waals surface area contributed by atoms with Crippen LogP contribution in [0, 0.1) is 19.3 Å². The van der Waals surface area contributed by atoms with Crippen LogP contribution in [0.4, 0.5) is 0 Å². The molecule has 0 aliphatic carbocycles. The van der Waals surface area contributed by atoms with Crippen molar-refractivity contribution in [3.05, 3.63) is 71.3 Å². The van der Waals surface area contributed by atoms with Crippen LogP contribution in [0.3, 0.4) is 0 Å². The Labute approximate surface area is 243 Å². The molecule has 0 aliphatic heterocycles. The first-order valence-corrected chi connectivity index (χ1v) is 14.8. The van der Waals surface area contributed by atoms with Crippen molar-refractivity contribution in [2.75, 3.05) is 6.54 Å². The first-order chi connectivity index (χ1) is 19.1. The molecule has 10 heteroatoms. The van der Waals surface area contributed by atoms with Crippen molar-refractivity contribution in [2.45, 2.75) is 76.9 Å². The molecule has 0 aliphatic rings. The highest BCUT2D eigenvalue weighted by molar-refractivity contribution is 7.89. The van der Waals surface area contributed by atoms with Crippen LogP contribution >= 0.6 is 0 Å². The molecule has 0 spiro atoms. The lowest BCUT2D eigenvalue weighted by Crippen LogP contribution is -2.49. The van der Waals surface area contributed by atoms with E-state index in [2.05, 4.69) is 26.6 Å². The van der Waals surface area contributed by atoms with E-state index in [-0.39, 0.29) is 24.3 Å². The molecule has 2 rings (SSSR count). The van der Waals surface area contributed by atoms with Crippen molar-refractivity contribution in [1.29, 1.82) is 0 Å². The minimum Gasteiger partial charge on any atom is -0.351 e. The Hall–Kier alpha value is -3.94. The monoisotopic (exact) mass is 580 g/mol. The van der Waals surface area contributed by atoms with E-state index in [1.165, 1.54) is 19.1 Å². The van der Waals surface area contributed by atoms with Crippen LogP contribution in [0.15, 0.2) is 59.5 Å². The fourth-order valence-electron chi connectivity index (χ4n) is 4.02. The van der Waals surface area contributed by atoms with Gasteiger partial charge in [-0.15, -0.1) is 6.42 Å². The summed E-state index contributed by atoms with van der Waals surface area (Å²) in [5.74, 6) is 1.20. The third-order valence-corrected chi connectivity index (χ3v) is 7.57. The molecule has 0 radical (unpaired) electrons. The van der Waals surface area contributed by atoms with E-state index in [1.54, 1.807) is 32.9 Å². The van der Waals surface area contributed by atoms with Gasteiger partial charge in [-0.1, -0.05) is 47.9 Å². The van der Waals surface area contributed by atoms with Crippen molar-refractivity contribution in [3.63, 3.8) is 0 Å². The zero-order valence-electron chi connectivity index (χ0n) is 24.5. The number of nitrogens with one attached hydrogen (secondary N) is 4. The summed E-state index contributed by atoms with van der Waals surface area (Å²) in [7, 11) is -4.02. The van der Waals surface area contributed by atoms with Gasteiger partial charge in [0, 0.05) is 36.5 Å². The second-order valence-electron chi connectivity index (χ2n) is 10.8. The molecule has 2 aromatic carbocycles. The molecular weight excluding hydrogens is 540 g/mol. The Balaban J connectivity index is 2.08. The quantitative estimate of drug-likeness (QED) is 0.287. The van der Waals surface area contributed by atoms with E-state index < -0.39 is 45.4 Å². The Morgan fingerprint density at radius 3 is 2.20 bits per heavy atom. The number of rotatable bonds is 12. The van der Waals surface area contributed by atoms with Crippen LogP contribution in [-0.2, 0) is 24.4 Å². The molecule has 0 fully saturated rings. The SMILES string of the molecule is C#Cc1ccccc1/C(=C\C)CNC(=O)[C@H](C)NC(=O)C[C@@H](CC(=O)NC(C)(C)C)NS(=O)(=O)c1ccc(C)cc1. The zero-order chi connectivity index (χ0) is 30.8. The fourth-order valence-corrected chi connectivity index (χ4v) is 5.26. The molecule has 9 nitrogen and oxygen atoms in total. The molecule has 4 N–H and O–H groups in total. The number of allylic oxidation sites excluding steroid dienone is 1. The van der Waals surface area contributed by atoms with E-state index in [0.717, 1.165) is 16.7 Å². The van der Waals surface area contributed by atoms with Crippen LogP contribution in [0.2, 0.25) is 0 Å². The highest BCUT2D eigenvalue weighted by atomic mass is 32.2. The van der Waals surface area contributed by atoms with Gasteiger partial charge >= 0.3 is 0 Å². The van der Waals surface area contributed by atoms with Crippen molar-refractivity contribution in [2.24, 2.45) is 0 Å². The smallest absolute Gasteiger partial charge is 0.242 e. The molecule has 2 aromatic rings. The molecule has 0 bridgehead atoms. The number of hydrogen-bond donors (Lipinski definition) is 4. The molecule has 0 saturated heterocycles. The number of hydrogen-bond acceptors (Lipinski definition) is 5. The number of aryl methyl sites for hydroxylation is 1. The predicted molar refractivity (Wildman–Crippen MR) is 161 cm³/mol. The Morgan fingerprint density at radius 2 is 1.61 bits per heavy atom. The number of carbonyl (C=O) groups excluding carboxylic acids is 3. The summed E-state index contributed by atoms with van der Waals surface area (Å²) >= 11 is 0. The molecule has 41 heavy (non-hydrogen) atoms. The maximum absolute atomic E-state index is 13.0. The number of sulfonamides is 1. The third-order valence-electron chi connectivity index (χ3n) is 6.03. The van der Waals surface area contributed by atoms with Crippen LogP contribution in [0.1, 0.15) is 64.2 Å². The van der Waals surface area contributed by atoms with Crippen LogP contribution in [0.5, 0.6) is 0 Å². The van der Waals surface area contributed by atoms with E-state index in [0.29, 0.717) is 5.56 Å². The standard InChI is InChI=1S/C31H40N4O5S/c1-8-23-12-10-11-13-27(23)24(9-2)20-32-30(38)22(4)33-28(36)18-25(19-29(37)34-31(5,6)7)35-41(39,40)26-16-14-21(3)15-17-26/h1,9-17,22,25,35H,18-20H2,2-7H3,(H,32,38)(H,33,36)(H,34,37)/b24-9-/t22-,25-/m0/s1. The number of terminal acetylenes is 1. The predicted octanol–water partition coefficient (Wildman–Crippen LogP) is 3.04. The lowest BCUT2D eigenvalue weighted by Gasteiger charge is -2.24. The zero-order valence-corrected chi connectivity index (χ0v) is 25.3. The average molecular weight is 581 g/mol. The summed E-state index contributed by atoms with van der Waals surface area (Å²) in [5, 5.41) is 8.18. The summed E-state index contributed by atoms with van der Waals surface area (Å²) in [5.41, 5.74) is 2.69. The molecule has 0 saturated carbocycles. The van der Waals surface area contributed by atoms with Gasteiger partial charge in [-0.25, -0.2) is 13.1 Å². The molecule has 3 amide bonds. The summed E-state index contributed by atoms with van der Waals surface area (Å²) in [6, 6.07) is 11.6. The Morgan fingerprint density at radius 1 is 1.00 bits per heavy atom. The maximum Gasteiger partial charge on any atom is 0.242 e. The first kappa shape index (κ1) is 33.3. The lowest BCUT2D eigenvalue weighted by molar-refractivity contribution is -0.129. The molecule has 0 aromatic heterocycles. The van der Waals surface area contributed by atoms with Gasteiger partial charge in [0.1, 0.15) is 6.04 Å². The van der Waals surface area contributed by atoms with Crippen molar-refractivity contribution >= 4 is 33.3 Å². The second kappa shape index (κ2) is 14.6. The normalized spacial score (nSPS) is 13.4. The van der Waals surface area contributed by atoms with Crippen molar-refractivity contribution in [3.8, 4) is 12.3 Å². The van der Waals surface area contributed by atoms with E-state index in [9.17, 15) is 22.8 Å². The van der Waals surface area contributed by atoms with Crippen molar-refractivity contribution < 1.29 is 22.8 Å². The minimum atomic E-state index is -4.02. The summed E-state index contributed by atoms with van der Waals surface area (Å²) in [4.78, 5) is 38.3. The molecule has 0 unspecified atom stereocenters. The summed E-state index contributed by atoms with van der Waals surface area (Å²) < 4.78 is 28.5. The first-order valence-electron chi connectivity index (χ1n) is 13.3. The minimum absolute atomic E-state index is 0.0173. The van der Waals surface area contributed by atoms with Crippen LogP contribution in [0.25, 0.3) is 5.57 Å². The average Bonchev–Trinajstić information content (AvgIpc) is 2.87. The van der Waals surface area contributed by atoms with Gasteiger partial charge < -0.3 is 16.0 Å². The van der Waals surface area contributed by atoms with Gasteiger partial charge in [0.15, 0.2) is 0 Å². The maximum atomic E-state index is 13.0. The van der Waals surface area contributed by atoms with Crippen LogP contribution < -0.4 is 20.7 Å². The molecule has 0 heterocycles. The van der Waals surface area contributed by atoms with Gasteiger partial charge in [0.25, 0.3) is 0 Å². The Bertz CT molecular complexity index is 1420. The largest absolute Gasteiger partial charge is 0.351 e. The second-order valence-corrected chi connectivity index (χ2v) is 12.6. The highest BCUT2D eigenvalue weighted by Crippen LogP contribution is 2.18. The Kier molecular flexibility index (Phi) is 11.9. The van der Waals surface area contributed by atoms with Gasteiger partial charge in [-0.2, -0.15) is 0 Å². The van der Waals surface area contributed by atoms with Gasteiger partial charge in [-0.05, 0) is 70.9 Å². The van der Waals surface area contributed by atoms with Crippen LogP contribution in [-0.4, -0.2) is 50.3 Å². The number of carbonyl (C=O) groups is 3.